The fourth-order valence-corrected chi connectivity index (χ4v) is 1.42. The van der Waals surface area contributed by atoms with Gasteiger partial charge in [0.05, 0.1) is 6.42 Å². The van der Waals surface area contributed by atoms with Crippen LogP contribution in [0.4, 0.5) is 0 Å². The van der Waals surface area contributed by atoms with Crippen LogP contribution in [0.5, 0.6) is 0 Å². The molecule has 0 aromatic heterocycles. The quantitative estimate of drug-likeness (QED) is 0.0937. The molecule has 0 heterocycles. The van der Waals surface area contributed by atoms with Gasteiger partial charge in [0, 0.05) is 6.54 Å². The molecule has 0 aromatic carbocycles. The third-order valence-electron chi connectivity index (χ3n) is 3.54. The maximum absolute atomic E-state index is 10.2. The van der Waals surface area contributed by atoms with Crippen LogP contribution in [0.15, 0.2) is 4.99 Å². The van der Waals surface area contributed by atoms with E-state index in [0.29, 0.717) is 19.4 Å². The lowest BCUT2D eigenvalue weighted by molar-refractivity contribution is -0.144. The van der Waals surface area contributed by atoms with E-state index in [2.05, 4.69) is 4.99 Å². The van der Waals surface area contributed by atoms with Gasteiger partial charge in [-0.1, -0.05) is 20.3 Å². The Balaban J connectivity index is -0.000000371. The second-order valence-electron chi connectivity index (χ2n) is 6.19. The van der Waals surface area contributed by atoms with E-state index in [1.807, 2.05) is 13.8 Å². The molecule has 1 unspecified atom stereocenters. The molecule has 0 radical (unpaired) electrons. The Bertz CT molecular complexity index is 568. The first-order valence-electron chi connectivity index (χ1n) is 8.89. The molecule has 0 rings (SSSR count). The number of rotatable bonds is 11. The van der Waals surface area contributed by atoms with Gasteiger partial charge in [0.15, 0.2) is 5.96 Å². The average molecular weight is 438 g/mol. The predicted molar refractivity (Wildman–Crippen MR) is 108 cm³/mol. The highest BCUT2D eigenvalue weighted by molar-refractivity contribution is 5.80. The summed E-state index contributed by atoms with van der Waals surface area (Å²) in [5, 5.41) is 32.8. The van der Waals surface area contributed by atoms with E-state index in [1.54, 1.807) is 0 Å². The number of hydrogen-bond donors (Lipinski definition) is 9. The number of aliphatic imine (C=N–C) groups is 1. The first kappa shape index (κ1) is 31.7. The van der Waals surface area contributed by atoms with E-state index in [0.717, 1.165) is 6.42 Å². The zero-order chi connectivity index (χ0) is 24.4. The van der Waals surface area contributed by atoms with E-state index in [-0.39, 0.29) is 11.9 Å². The van der Waals surface area contributed by atoms with Gasteiger partial charge < -0.3 is 49.1 Å². The Labute approximate surface area is 174 Å². The summed E-state index contributed by atoms with van der Waals surface area (Å²) in [5.74, 6) is -4.33. The van der Waals surface area contributed by atoms with Gasteiger partial charge in [-0.2, -0.15) is 0 Å². The summed E-state index contributed by atoms with van der Waals surface area (Å²) < 4.78 is 0. The van der Waals surface area contributed by atoms with Gasteiger partial charge in [0.1, 0.15) is 18.1 Å². The summed E-state index contributed by atoms with van der Waals surface area (Å²) in [6.45, 7) is 4.18. The standard InChI is InChI=1S/C6H14N4O2.C6H13NO2.C4H7NO4/c7-4(5(11)12)2-1-3-10-6(8)9;1-3-4(2)5(7)6(8)9;5-2(4(8)9)1-3(6)7/h4H,1-3,7H2,(H,11,12)(H4,8,9,10);4-5H,3,7H2,1-2H3,(H,8,9);2H,1,5H2,(H,6,7)(H,8,9)/t4-;4?,5-;2-/m000/s1. The molecule has 0 aliphatic heterocycles. The van der Waals surface area contributed by atoms with Gasteiger partial charge in [0.25, 0.3) is 0 Å². The highest BCUT2D eigenvalue weighted by atomic mass is 16.4. The Morgan fingerprint density at radius 3 is 1.57 bits per heavy atom. The fraction of sp³-hybridized carbons (Fsp3) is 0.688. The minimum atomic E-state index is -1.29. The molecule has 0 fully saturated rings. The van der Waals surface area contributed by atoms with Crippen molar-refractivity contribution >= 4 is 29.8 Å². The molecule has 14 N–H and O–H groups in total. The largest absolute Gasteiger partial charge is 0.481 e. The molecule has 0 bridgehead atoms. The molecule has 176 valence electrons. The van der Waals surface area contributed by atoms with Crippen LogP contribution >= 0.6 is 0 Å². The van der Waals surface area contributed by atoms with Gasteiger partial charge in [-0.15, -0.1) is 0 Å². The summed E-state index contributed by atoms with van der Waals surface area (Å²) in [4.78, 5) is 43.7. The molecule has 14 heteroatoms. The molecule has 0 aliphatic rings. The van der Waals surface area contributed by atoms with Gasteiger partial charge in [-0.25, -0.2) is 0 Å². The number of hydrogen-bond acceptors (Lipinski definition) is 8. The Morgan fingerprint density at radius 1 is 0.867 bits per heavy atom. The number of aliphatic carboxylic acids is 4. The molecule has 0 aliphatic carbocycles. The lowest BCUT2D eigenvalue weighted by Crippen LogP contribution is -2.36. The SMILES string of the molecule is CCC(C)[C@H](N)C(=O)O.NC(N)=NCCC[C@H](N)C(=O)O.N[C@@H](CC(=O)O)C(=O)O. The molecule has 0 aromatic rings. The number of guanidine groups is 1. The van der Waals surface area contributed by atoms with Gasteiger partial charge in [-0.3, -0.25) is 24.2 Å². The summed E-state index contributed by atoms with van der Waals surface area (Å²) in [5.41, 5.74) is 25.4. The summed E-state index contributed by atoms with van der Waals surface area (Å²) >= 11 is 0. The van der Waals surface area contributed by atoms with E-state index < -0.39 is 48.4 Å². The van der Waals surface area contributed by atoms with Crippen LogP contribution in [0, 0.1) is 5.92 Å². The van der Waals surface area contributed by atoms with Crippen LogP contribution in [-0.2, 0) is 19.2 Å². The zero-order valence-electron chi connectivity index (χ0n) is 17.1. The van der Waals surface area contributed by atoms with Crippen LogP contribution < -0.4 is 28.7 Å². The van der Waals surface area contributed by atoms with Crippen molar-refractivity contribution in [3.05, 3.63) is 0 Å². The molecule has 0 saturated carbocycles. The summed E-state index contributed by atoms with van der Waals surface area (Å²) in [7, 11) is 0. The van der Waals surface area contributed by atoms with Crippen LogP contribution in [0.25, 0.3) is 0 Å². The van der Waals surface area contributed by atoms with Crippen molar-refractivity contribution in [3.63, 3.8) is 0 Å². The zero-order valence-corrected chi connectivity index (χ0v) is 17.1. The second kappa shape index (κ2) is 18.1. The molecule has 0 spiro atoms. The fourth-order valence-electron chi connectivity index (χ4n) is 1.42. The predicted octanol–water partition coefficient (Wildman–Crippen LogP) is -2.23. The Morgan fingerprint density at radius 2 is 1.33 bits per heavy atom. The second-order valence-corrected chi connectivity index (χ2v) is 6.19. The maximum atomic E-state index is 10.2. The normalized spacial score (nSPS) is 13.6. The summed E-state index contributed by atoms with van der Waals surface area (Å²) in [6, 6.07) is -2.81. The van der Waals surface area contributed by atoms with Gasteiger partial charge in [-0.05, 0) is 18.8 Å². The van der Waals surface area contributed by atoms with Crippen molar-refractivity contribution in [1.29, 1.82) is 0 Å². The minimum absolute atomic E-state index is 0.0129. The number of nitrogens with two attached hydrogens (primary N) is 5. The lowest BCUT2D eigenvalue weighted by Gasteiger charge is -2.11. The lowest BCUT2D eigenvalue weighted by atomic mass is 10.0. The number of nitrogens with zero attached hydrogens (tertiary/aromatic N) is 1. The molecule has 0 saturated heterocycles. The molecular formula is C16H34N6O8. The van der Waals surface area contributed by atoms with E-state index >= 15 is 0 Å². The molecule has 30 heavy (non-hydrogen) atoms. The van der Waals surface area contributed by atoms with Crippen LogP contribution in [-0.4, -0.2) is 74.9 Å². The molecule has 0 amide bonds. The smallest absolute Gasteiger partial charge is 0.321 e. The van der Waals surface area contributed by atoms with Gasteiger partial charge >= 0.3 is 23.9 Å². The Kier molecular flexibility index (Phi) is 19.1. The van der Waals surface area contributed by atoms with E-state index in [1.165, 1.54) is 0 Å². The van der Waals surface area contributed by atoms with Crippen molar-refractivity contribution in [2.45, 2.75) is 57.7 Å². The summed E-state index contributed by atoms with van der Waals surface area (Å²) in [6.07, 6.45) is 1.24. The first-order chi connectivity index (χ1) is 13.7. The third-order valence-corrected chi connectivity index (χ3v) is 3.54. The molecular weight excluding hydrogens is 404 g/mol. The number of carbonyl (C=O) groups is 4. The number of carboxylic acids is 4. The minimum Gasteiger partial charge on any atom is -0.481 e. The highest BCUT2D eigenvalue weighted by Crippen LogP contribution is 2.04. The van der Waals surface area contributed by atoms with Crippen LogP contribution in [0.1, 0.15) is 39.5 Å². The highest BCUT2D eigenvalue weighted by Gasteiger charge is 2.17. The van der Waals surface area contributed by atoms with Crippen molar-refractivity contribution in [1.82, 2.24) is 0 Å². The maximum Gasteiger partial charge on any atom is 0.321 e. The van der Waals surface area contributed by atoms with E-state index in [4.69, 9.17) is 49.1 Å². The van der Waals surface area contributed by atoms with Crippen molar-refractivity contribution in [2.75, 3.05) is 6.54 Å². The monoisotopic (exact) mass is 438 g/mol. The first-order valence-corrected chi connectivity index (χ1v) is 8.89. The topological polar surface area (TPSA) is 292 Å². The Hall–Kier alpha value is -2.97. The molecule has 4 atom stereocenters. The van der Waals surface area contributed by atoms with Gasteiger partial charge in [0.2, 0.25) is 0 Å². The third kappa shape index (κ3) is 21.3. The van der Waals surface area contributed by atoms with E-state index in [9.17, 15) is 19.2 Å². The average Bonchev–Trinajstić information content (AvgIpc) is 2.63. The molecule has 14 nitrogen and oxygen atoms in total. The van der Waals surface area contributed by atoms with Crippen molar-refractivity contribution in [2.24, 2.45) is 39.6 Å². The van der Waals surface area contributed by atoms with Crippen LogP contribution in [0.3, 0.4) is 0 Å². The van der Waals surface area contributed by atoms with Crippen molar-refractivity contribution in [3.8, 4) is 0 Å². The van der Waals surface area contributed by atoms with Crippen molar-refractivity contribution < 1.29 is 39.6 Å². The number of carboxylic acid groups (broad SMARTS) is 4. The van der Waals surface area contributed by atoms with Crippen LogP contribution in [0.2, 0.25) is 0 Å².